The molecule has 19 heavy (non-hydrogen) atoms. The molecule has 0 aromatic heterocycles. The quantitative estimate of drug-likeness (QED) is 0.618. The SMILES string of the molecule is COc1cc(N2CCC(=O)CC2)c(F)cc1[N+](=O)[O-]. The van der Waals surface area contributed by atoms with Crippen LogP contribution in [-0.4, -0.2) is 30.9 Å². The Morgan fingerprint density at radius 3 is 2.53 bits per heavy atom. The lowest BCUT2D eigenvalue weighted by molar-refractivity contribution is -0.385. The van der Waals surface area contributed by atoms with Gasteiger partial charge in [0.15, 0.2) is 11.6 Å². The maximum absolute atomic E-state index is 13.9. The summed E-state index contributed by atoms with van der Waals surface area (Å²) in [6.45, 7) is 0.827. The second kappa shape index (κ2) is 5.21. The van der Waals surface area contributed by atoms with Gasteiger partial charge in [-0.3, -0.25) is 14.9 Å². The molecule has 1 aromatic rings. The predicted octanol–water partition coefficient (Wildman–Crippen LogP) is 1.91. The molecule has 1 saturated heterocycles. The van der Waals surface area contributed by atoms with Gasteiger partial charge in [-0.05, 0) is 0 Å². The van der Waals surface area contributed by atoms with Gasteiger partial charge in [0.2, 0.25) is 0 Å². The van der Waals surface area contributed by atoms with Crippen LogP contribution in [0.4, 0.5) is 15.8 Å². The normalized spacial score (nSPS) is 15.5. The van der Waals surface area contributed by atoms with Crippen molar-refractivity contribution in [1.29, 1.82) is 0 Å². The van der Waals surface area contributed by atoms with Crippen LogP contribution in [0.25, 0.3) is 0 Å². The van der Waals surface area contributed by atoms with Crippen molar-refractivity contribution < 1.29 is 18.8 Å². The first-order chi connectivity index (χ1) is 9.02. The number of methoxy groups -OCH3 is 1. The maximum Gasteiger partial charge on any atom is 0.313 e. The fourth-order valence-corrected chi connectivity index (χ4v) is 2.08. The first kappa shape index (κ1) is 13.3. The number of anilines is 1. The van der Waals surface area contributed by atoms with Crippen molar-refractivity contribution in [2.75, 3.05) is 25.1 Å². The molecule has 0 aliphatic carbocycles. The van der Waals surface area contributed by atoms with Crippen LogP contribution in [0.15, 0.2) is 12.1 Å². The van der Waals surface area contributed by atoms with Gasteiger partial charge >= 0.3 is 5.69 Å². The predicted molar refractivity (Wildman–Crippen MR) is 66.1 cm³/mol. The fraction of sp³-hybridized carbons (Fsp3) is 0.417. The molecule has 1 aliphatic heterocycles. The number of halogens is 1. The van der Waals surface area contributed by atoms with E-state index in [1.807, 2.05) is 0 Å². The number of nitro groups is 1. The van der Waals surface area contributed by atoms with Crippen LogP contribution >= 0.6 is 0 Å². The highest BCUT2D eigenvalue weighted by atomic mass is 19.1. The molecule has 0 bridgehead atoms. The van der Waals surface area contributed by atoms with E-state index in [0.717, 1.165) is 6.07 Å². The highest BCUT2D eigenvalue weighted by Gasteiger charge is 2.24. The minimum atomic E-state index is -0.689. The van der Waals surface area contributed by atoms with Crippen molar-refractivity contribution in [2.24, 2.45) is 0 Å². The number of piperidine rings is 1. The largest absolute Gasteiger partial charge is 0.490 e. The van der Waals surface area contributed by atoms with Crippen molar-refractivity contribution in [1.82, 2.24) is 0 Å². The van der Waals surface area contributed by atoms with Crippen molar-refractivity contribution in [3.8, 4) is 5.75 Å². The standard InChI is InChI=1S/C12H13FN2O4/c1-19-12-7-10(9(13)6-11(12)15(17)18)14-4-2-8(16)3-5-14/h6-7H,2-5H2,1H3. The molecule has 0 saturated carbocycles. The summed E-state index contributed by atoms with van der Waals surface area (Å²) in [7, 11) is 1.30. The van der Waals surface area contributed by atoms with Gasteiger partial charge in [-0.15, -0.1) is 0 Å². The Kier molecular flexibility index (Phi) is 3.64. The molecule has 0 radical (unpaired) electrons. The van der Waals surface area contributed by atoms with E-state index in [-0.39, 0.29) is 17.2 Å². The summed E-state index contributed by atoms with van der Waals surface area (Å²) in [4.78, 5) is 22.9. The average molecular weight is 268 g/mol. The Balaban J connectivity index is 2.36. The molecule has 0 unspecified atom stereocenters. The molecule has 1 aromatic carbocycles. The summed E-state index contributed by atoms with van der Waals surface area (Å²) in [5.74, 6) is -0.523. The second-order valence-electron chi connectivity index (χ2n) is 4.26. The minimum Gasteiger partial charge on any atom is -0.490 e. The number of nitrogens with zero attached hydrogens (tertiary/aromatic N) is 2. The van der Waals surface area contributed by atoms with E-state index in [0.29, 0.717) is 25.9 Å². The van der Waals surface area contributed by atoms with Crippen LogP contribution in [0.2, 0.25) is 0 Å². The van der Waals surface area contributed by atoms with E-state index in [2.05, 4.69) is 0 Å². The molecule has 0 N–H and O–H groups in total. The van der Waals surface area contributed by atoms with Crippen LogP contribution in [0, 0.1) is 15.9 Å². The molecule has 102 valence electrons. The Bertz CT molecular complexity index is 523. The summed E-state index contributed by atoms with van der Waals surface area (Å²) in [5, 5.41) is 10.8. The third-order valence-corrected chi connectivity index (χ3v) is 3.11. The van der Waals surface area contributed by atoms with E-state index >= 15 is 0 Å². The average Bonchev–Trinajstić information content (AvgIpc) is 2.39. The number of ketones is 1. The van der Waals surface area contributed by atoms with E-state index in [1.54, 1.807) is 4.90 Å². The van der Waals surface area contributed by atoms with Gasteiger partial charge in [0, 0.05) is 32.0 Å². The topological polar surface area (TPSA) is 72.7 Å². The molecule has 1 heterocycles. The molecular formula is C12H13FN2O4. The van der Waals surface area contributed by atoms with Crippen LogP contribution in [-0.2, 0) is 4.79 Å². The Morgan fingerprint density at radius 1 is 1.37 bits per heavy atom. The summed E-state index contributed by atoms with van der Waals surface area (Å²) in [5.41, 5.74) is -0.174. The Labute approximate surface area is 108 Å². The van der Waals surface area contributed by atoms with Crippen LogP contribution in [0.5, 0.6) is 5.75 Å². The van der Waals surface area contributed by atoms with Gasteiger partial charge in [-0.2, -0.15) is 0 Å². The number of rotatable bonds is 3. The lowest BCUT2D eigenvalue weighted by atomic mass is 10.1. The monoisotopic (exact) mass is 268 g/mol. The maximum atomic E-state index is 13.9. The zero-order valence-corrected chi connectivity index (χ0v) is 10.4. The Hall–Kier alpha value is -2.18. The first-order valence-corrected chi connectivity index (χ1v) is 5.81. The molecule has 1 aliphatic rings. The molecule has 6 nitrogen and oxygen atoms in total. The van der Waals surface area contributed by atoms with E-state index < -0.39 is 16.4 Å². The van der Waals surface area contributed by atoms with Gasteiger partial charge in [0.05, 0.1) is 23.8 Å². The molecule has 0 atom stereocenters. The highest BCUT2D eigenvalue weighted by molar-refractivity contribution is 5.81. The number of hydrogen-bond acceptors (Lipinski definition) is 5. The number of benzene rings is 1. The summed E-state index contributed by atoms with van der Waals surface area (Å²) < 4.78 is 18.8. The van der Waals surface area contributed by atoms with Crippen molar-refractivity contribution in [3.63, 3.8) is 0 Å². The van der Waals surface area contributed by atoms with Crippen LogP contribution < -0.4 is 9.64 Å². The lowest BCUT2D eigenvalue weighted by Gasteiger charge is -2.28. The van der Waals surface area contributed by atoms with E-state index in [4.69, 9.17) is 4.74 Å². The summed E-state index contributed by atoms with van der Waals surface area (Å²) in [6.07, 6.45) is 0.720. The van der Waals surface area contributed by atoms with E-state index in [9.17, 15) is 19.3 Å². The van der Waals surface area contributed by atoms with Gasteiger partial charge in [-0.1, -0.05) is 0 Å². The van der Waals surface area contributed by atoms with E-state index in [1.165, 1.54) is 13.2 Å². The molecule has 0 amide bonds. The van der Waals surface area contributed by atoms with Gasteiger partial charge < -0.3 is 9.64 Å². The van der Waals surface area contributed by atoms with Gasteiger partial charge in [-0.25, -0.2) is 4.39 Å². The first-order valence-electron chi connectivity index (χ1n) is 5.81. The molecular weight excluding hydrogens is 255 g/mol. The van der Waals surface area contributed by atoms with Gasteiger partial charge in [0.25, 0.3) is 0 Å². The van der Waals surface area contributed by atoms with Crippen molar-refractivity contribution in [2.45, 2.75) is 12.8 Å². The molecule has 2 rings (SSSR count). The third kappa shape index (κ3) is 2.64. The molecule has 1 fully saturated rings. The number of nitro benzene ring substituents is 1. The van der Waals surface area contributed by atoms with Crippen LogP contribution in [0.1, 0.15) is 12.8 Å². The fourth-order valence-electron chi connectivity index (χ4n) is 2.08. The third-order valence-electron chi connectivity index (χ3n) is 3.11. The number of carbonyl (C=O) groups is 1. The summed E-state index contributed by atoms with van der Waals surface area (Å²) >= 11 is 0. The number of Topliss-reactive ketones (excluding diaryl/α,β-unsaturated/α-hetero) is 1. The molecule has 0 spiro atoms. The van der Waals surface area contributed by atoms with Crippen molar-refractivity contribution >= 4 is 17.2 Å². The Morgan fingerprint density at radius 2 is 2.00 bits per heavy atom. The number of ether oxygens (including phenoxy) is 1. The molecule has 7 heteroatoms. The highest BCUT2D eigenvalue weighted by Crippen LogP contribution is 2.34. The van der Waals surface area contributed by atoms with Crippen LogP contribution in [0.3, 0.4) is 0 Å². The minimum absolute atomic E-state index is 0.0123. The lowest BCUT2D eigenvalue weighted by Crippen LogP contribution is -2.34. The smallest absolute Gasteiger partial charge is 0.313 e. The zero-order valence-electron chi connectivity index (χ0n) is 10.4. The summed E-state index contributed by atoms with van der Waals surface area (Å²) in [6, 6.07) is 2.16. The zero-order chi connectivity index (χ0) is 14.0. The van der Waals surface area contributed by atoms with Gasteiger partial charge in [0.1, 0.15) is 5.78 Å². The number of carbonyl (C=O) groups excluding carboxylic acids is 1. The second-order valence-corrected chi connectivity index (χ2v) is 4.26. The van der Waals surface area contributed by atoms with Crippen molar-refractivity contribution in [3.05, 3.63) is 28.1 Å². The number of hydrogen-bond donors (Lipinski definition) is 0.